The molecule has 2 aromatic rings. The van der Waals surface area contributed by atoms with Crippen LogP contribution in [-0.2, 0) is 0 Å². The molecule has 0 saturated heterocycles. The number of ether oxygens (including phenoxy) is 2. The highest BCUT2D eigenvalue weighted by atomic mass is 79.9. The van der Waals surface area contributed by atoms with E-state index in [-0.39, 0.29) is 6.04 Å². The zero-order chi connectivity index (χ0) is 15.4. The van der Waals surface area contributed by atoms with E-state index < -0.39 is 0 Å². The van der Waals surface area contributed by atoms with Gasteiger partial charge in [-0.05, 0) is 40.7 Å². The lowest BCUT2D eigenvalue weighted by Crippen LogP contribution is -2.21. The molecule has 0 aliphatic carbocycles. The van der Waals surface area contributed by atoms with Crippen LogP contribution in [0.5, 0.6) is 11.5 Å². The molecule has 1 atom stereocenters. The average Bonchev–Trinajstić information content (AvgIpc) is 2.92. The summed E-state index contributed by atoms with van der Waals surface area (Å²) in [5, 5.41) is 6.14. The van der Waals surface area contributed by atoms with Crippen LogP contribution in [-0.4, -0.2) is 20.8 Å². The first-order valence-electron chi connectivity index (χ1n) is 6.49. The van der Waals surface area contributed by atoms with E-state index in [9.17, 15) is 0 Å². The molecule has 114 valence electrons. The van der Waals surface area contributed by atoms with Crippen molar-refractivity contribution in [1.29, 1.82) is 0 Å². The second-order valence-electron chi connectivity index (χ2n) is 4.39. The normalized spacial score (nSPS) is 12.2. The molecule has 0 spiro atoms. The summed E-state index contributed by atoms with van der Waals surface area (Å²) < 4.78 is 11.7. The third-order valence-electron chi connectivity index (χ3n) is 3.08. The average molecular weight is 391 g/mol. The van der Waals surface area contributed by atoms with Crippen molar-refractivity contribution in [1.82, 2.24) is 5.32 Å². The molecule has 1 aromatic carbocycles. The van der Waals surface area contributed by atoms with Crippen LogP contribution >= 0.6 is 38.9 Å². The van der Waals surface area contributed by atoms with E-state index in [0.29, 0.717) is 5.02 Å². The first kappa shape index (κ1) is 16.6. The van der Waals surface area contributed by atoms with Crippen LogP contribution in [0.3, 0.4) is 0 Å². The molecular weight excluding hydrogens is 374 g/mol. The first-order valence-corrected chi connectivity index (χ1v) is 8.54. The molecule has 2 rings (SSSR count). The molecule has 0 amide bonds. The SMILES string of the molecule is CCNC(c1cc(OC)cs1)c1cc(Cl)cc(Br)c1OC. The minimum atomic E-state index is 0.00819. The molecule has 0 aliphatic rings. The molecule has 0 aliphatic heterocycles. The van der Waals surface area contributed by atoms with Crippen molar-refractivity contribution in [3.63, 3.8) is 0 Å². The number of hydrogen-bond donors (Lipinski definition) is 1. The Morgan fingerprint density at radius 1 is 1.29 bits per heavy atom. The van der Waals surface area contributed by atoms with Gasteiger partial charge < -0.3 is 14.8 Å². The molecule has 6 heteroatoms. The zero-order valence-corrected chi connectivity index (χ0v) is 15.2. The number of methoxy groups -OCH3 is 2. The van der Waals surface area contributed by atoms with E-state index in [2.05, 4.69) is 28.2 Å². The summed E-state index contributed by atoms with van der Waals surface area (Å²) in [5.41, 5.74) is 1.00. The Balaban J connectivity index is 2.51. The van der Waals surface area contributed by atoms with Crippen molar-refractivity contribution < 1.29 is 9.47 Å². The number of halogens is 2. The van der Waals surface area contributed by atoms with Gasteiger partial charge in [-0.15, -0.1) is 11.3 Å². The van der Waals surface area contributed by atoms with Crippen LogP contribution < -0.4 is 14.8 Å². The van der Waals surface area contributed by atoms with Crippen molar-refractivity contribution in [2.75, 3.05) is 20.8 Å². The van der Waals surface area contributed by atoms with Crippen molar-refractivity contribution in [3.8, 4) is 11.5 Å². The predicted molar refractivity (Wildman–Crippen MR) is 92.1 cm³/mol. The number of hydrogen-bond acceptors (Lipinski definition) is 4. The largest absolute Gasteiger partial charge is 0.496 e. The van der Waals surface area contributed by atoms with Gasteiger partial charge in [-0.2, -0.15) is 0 Å². The second kappa shape index (κ2) is 7.49. The van der Waals surface area contributed by atoms with Gasteiger partial charge in [0.05, 0.1) is 24.7 Å². The molecule has 0 fully saturated rings. The van der Waals surface area contributed by atoms with Gasteiger partial charge in [-0.3, -0.25) is 0 Å². The van der Waals surface area contributed by atoms with Crippen molar-refractivity contribution in [2.24, 2.45) is 0 Å². The Morgan fingerprint density at radius 3 is 2.62 bits per heavy atom. The fourth-order valence-corrected chi connectivity index (χ4v) is 4.11. The Bertz CT molecular complexity index is 618. The van der Waals surface area contributed by atoms with E-state index >= 15 is 0 Å². The van der Waals surface area contributed by atoms with E-state index in [4.69, 9.17) is 21.1 Å². The minimum absolute atomic E-state index is 0.00819. The van der Waals surface area contributed by atoms with Gasteiger partial charge in [0.25, 0.3) is 0 Å². The van der Waals surface area contributed by atoms with Crippen LogP contribution in [0, 0.1) is 0 Å². The van der Waals surface area contributed by atoms with Gasteiger partial charge in [0.2, 0.25) is 0 Å². The smallest absolute Gasteiger partial charge is 0.138 e. The lowest BCUT2D eigenvalue weighted by Gasteiger charge is -2.21. The van der Waals surface area contributed by atoms with Gasteiger partial charge in [-0.1, -0.05) is 18.5 Å². The van der Waals surface area contributed by atoms with Crippen LogP contribution in [0.15, 0.2) is 28.1 Å². The van der Waals surface area contributed by atoms with E-state index in [0.717, 1.165) is 33.0 Å². The molecule has 1 unspecified atom stereocenters. The standard InChI is InChI=1S/C15H17BrClNO2S/c1-4-18-14(13-7-10(19-2)8-21-13)11-5-9(17)6-12(16)15(11)20-3/h5-8,14,18H,4H2,1-3H3. The highest BCUT2D eigenvalue weighted by Crippen LogP contribution is 2.40. The summed E-state index contributed by atoms with van der Waals surface area (Å²) >= 11 is 11.4. The molecule has 1 aromatic heterocycles. The molecule has 1 heterocycles. The van der Waals surface area contributed by atoms with Crippen LogP contribution in [0.2, 0.25) is 5.02 Å². The molecule has 0 bridgehead atoms. The number of benzene rings is 1. The van der Waals surface area contributed by atoms with Gasteiger partial charge in [0.1, 0.15) is 11.5 Å². The molecule has 0 radical (unpaired) electrons. The number of nitrogens with one attached hydrogen (secondary N) is 1. The maximum atomic E-state index is 6.21. The third-order valence-corrected chi connectivity index (χ3v) is 4.86. The van der Waals surface area contributed by atoms with E-state index in [1.165, 1.54) is 0 Å². The summed E-state index contributed by atoms with van der Waals surface area (Å²) in [7, 11) is 3.33. The number of thiophene rings is 1. The Kier molecular flexibility index (Phi) is 5.93. The summed E-state index contributed by atoms with van der Waals surface area (Å²) in [6.45, 7) is 2.90. The molecule has 1 N–H and O–H groups in total. The van der Waals surface area contributed by atoms with Crippen molar-refractivity contribution in [2.45, 2.75) is 13.0 Å². The van der Waals surface area contributed by atoms with E-state index in [1.54, 1.807) is 25.6 Å². The highest BCUT2D eigenvalue weighted by molar-refractivity contribution is 9.10. The Morgan fingerprint density at radius 2 is 2.05 bits per heavy atom. The van der Waals surface area contributed by atoms with Crippen LogP contribution in [0.4, 0.5) is 0 Å². The quantitative estimate of drug-likeness (QED) is 0.762. The maximum absolute atomic E-state index is 6.21. The van der Waals surface area contributed by atoms with Crippen molar-refractivity contribution in [3.05, 3.63) is 43.5 Å². The molecular formula is C15H17BrClNO2S. The monoisotopic (exact) mass is 389 g/mol. The van der Waals surface area contributed by atoms with Crippen LogP contribution in [0.25, 0.3) is 0 Å². The summed E-state index contributed by atoms with van der Waals surface area (Å²) in [4.78, 5) is 1.15. The summed E-state index contributed by atoms with van der Waals surface area (Å²) in [6, 6.07) is 5.81. The van der Waals surface area contributed by atoms with Crippen LogP contribution in [0.1, 0.15) is 23.4 Å². The topological polar surface area (TPSA) is 30.5 Å². The van der Waals surface area contributed by atoms with E-state index in [1.807, 2.05) is 23.6 Å². The molecule has 3 nitrogen and oxygen atoms in total. The van der Waals surface area contributed by atoms with Crippen molar-refractivity contribution >= 4 is 38.9 Å². The Hall–Kier alpha value is -0.750. The molecule has 21 heavy (non-hydrogen) atoms. The van der Waals surface area contributed by atoms with Gasteiger partial charge in [-0.25, -0.2) is 0 Å². The summed E-state index contributed by atoms with van der Waals surface area (Å²) in [6.07, 6.45) is 0. The zero-order valence-electron chi connectivity index (χ0n) is 12.1. The van der Waals surface area contributed by atoms with Gasteiger partial charge >= 0.3 is 0 Å². The van der Waals surface area contributed by atoms with Gasteiger partial charge in [0.15, 0.2) is 0 Å². The summed E-state index contributed by atoms with van der Waals surface area (Å²) in [5.74, 6) is 1.65. The highest BCUT2D eigenvalue weighted by Gasteiger charge is 2.22. The lowest BCUT2D eigenvalue weighted by molar-refractivity contribution is 0.401. The third kappa shape index (κ3) is 3.72. The lowest BCUT2D eigenvalue weighted by atomic mass is 10.0. The predicted octanol–water partition coefficient (Wildman–Crippen LogP) is 4.88. The fourth-order valence-electron chi connectivity index (χ4n) is 2.17. The number of rotatable bonds is 6. The maximum Gasteiger partial charge on any atom is 0.138 e. The second-order valence-corrected chi connectivity index (χ2v) is 6.62. The minimum Gasteiger partial charge on any atom is -0.496 e. The Labute approximate surface area is 142 Å². The first-order chi connectivity index (χ1) is 10.1. The fraction of sp³-hybridized carbons (Fsp3) is 0.333. The molecule has 0 saturated carbocycles. The van der Waals surface area contributed by atoms with Gasteiger partial charge in [0, 0.05) is 20.8 Å².